The molecule has 1 fully saturated rings. The molecule has 172 valence electrons. The summed E-state index contributed by atoms with van der Waals surface area (Å²) >= 11 is 0. The van der Waals surface area contributed by atoms with Gasteiger partial charge in [-0.25, -0.2) is 4.98 Å². The van der Waals surface area contributed by atoms with Crippen molar-refractivity contribution in [2.45, 2.75) is 34.1 Å². The molecule has 1 aliphatic rings. The molecule has 0 amide bonds. The monoisotopic (exact) mass is 436 g/mol. The van der Waals surface area contributed by atoms with Crippen molar-refractivity contribution in [2.24, 2.45) is 0 Å². The molecule has 0 atom stereocenters. The largest absolute Gasteiger partial charge is 0.492 e. The molecule has 0 aliphatic carbocycles. The number of rotatable bonds is 9. The molecule has 1 aliphatic heterocycles. The summed E-state index contributed by atoms with van der Waals surface area (Å²) in [5.41, 5.74) is 6.04. The predicted molar refractivity (Wildman–Crippen MR) is 131 cm³/mol. The number of nitrogens with zero attached hydrogens (tertiary/aromatic N) is 3. The van der Waals surface area contributed by atoms with Crippen LogP contribution in [0.1, 0.15) is 36.4 Å². The molecule has 0 saturated carbocycles. The highest BCUT2D eigenvalue weighted by atomic mass is 16.5. The van der Waals surface area contributed by atoms with Gasteiger partial charge in [0.1, 0.15) is 18.2 Å². The summed E-state index contributed by atoms with van der Waals surface area (Å²) in [7, 11) is 0. The van der Waals surface area contributed by atoms with Crippen molar-refractivity contribution in [1.82, 2.24) is 14.9 Å². The van der Waals surface area contributed by atoms with Gasteiger partial charge in [-0.3, -0.25) is 0 Å². The molecule has 6 nitrogen and oxygen atoms in total. The number of aromatic nitrogens is 2. The Labute approximate surface area is 191 Å². The minimum Gasteiger partial charge on any atom is -0.492 e. The Morgan fingerprint density at radius 2 is 1.88 bits per heavy atom. The van der Waals surface area contributed by atoms with E-state index in [1.165, 1.54) is 27.7 Å². The molecule has 4 rings (SSSR count). The molecular weight excluding hydrogens is 400 g/mol. The zero-order valence-electron chi connectivity index (χ0n) is 19.9. The third-order valence-electron chi connectivity index (χ3n) is 6.50. The van der Waals surface area contributed by atoms with Crippen molar-refractivity contribution >= 4 is 16.7 Å². The molecule has 1 N–H and O–H groups in total. The first-order valence-corrected chi connectivity index (χ1v) is 11.8. The number of hydrogen-bond acceptors (Lipinski definition) is 5. The highest BCUT2D eigenvalue weighted by Gasteiger charge is 2.15. The van der Waals surface area contributed by atoms with Crippen molar-refractivity contribution in [2.75, 3.05) is 57.4 Å². The van der Waals surface area contributed by atoms with Crippen LogP contribution < -0.4 is 9.64 Å². The third-order valence-corrected chi connectivity index (χ3v) is 6.50. The Kier molecular flexibility index (Phi) is 7.33. The van der Waals surface area contributed by atoms with E-state index in [1.54, 1.807) is 0 Å². The van der Waals surface area contributed by atoms with Gasteiger partial charge in [0.15, 0.2) is 0 Å². The molecule has 0 unspecified atom stereocenters. The summed E-state index contributed by atoms with van der Waals surface area (Å²) in [6.45, 7) is 15.6. The molecule has 6 heteroatoms. The molecule has 0 bridgehead atoms. The molecule has 3 heterocycles. The number of fused-ring (bicyclic) bond motifs is 1. The SMILES string of the molecule is CCN(CC)CCOc1cc(Cc2ccc3[nH]c(C)c(C)c3c2)nc(N2CCOCC2)c1. The number of morpholine rings is 1. The topological polar surface area (TPSA) is 53.6 Å². The van der Waals surface area contributed by atoms with E-state index in [4.69, 9.17) is 14.5 Å². The molecule has 1 aromatic carbocycles. The summed E-state index contributed by atoms with van der Waals surface area (Å²) in [5.74, 6) is 1.89. The summed E-state index contributed by atoms with van der Waals surface area (Å²) in [5, 5.41) is 1.29. The molecule has 3 aromatic rings. The Hall–Kier alpha value is -2.57. The van der Waals surface area contributed by atoms with E-state index >= 15 is 0 Å². The lowest BCUT2D eigenvalue weighted by Crippen LogP contribution is -2.36. The van der Waals surface area contributed by atoms with Crippen LogP contribution >= 0.6 is 0 Å². The minimum atomic E-state index is 0.682. The fraction of sp³-hybridized carbons (Fsp3) is 0.500. The lowest BCUT2D eigenvalue weighted by Gasteiger charge is -2.28. The number of pyridine rings is 1. The van der Waals surface area contributed by atoms with Crippen LogP contribution in [0.4, 0.5) is 5.82 Å². The van der Waals surface area contributed by atoms with E-state index in [2.05, 4.69) is 72.8 Å². The maximum atomic E-state index is 6.20. The van der Waals surface area contributed by atoms with Crippen molar-refractivity contribution < 1.29 is 9.47 Å². The average Bonchev–Trinajstić information content (AvgIpc) is 3.10. The summed E-state index contributed by atoms with van der Waals surface area (Å²) in [6, 6.07) is 10.9. The Balaban J connectivity index is 1.57. The predicted octanol–water partition coefficient (Wildman–Crippen LogP) is 4.33. The maximum Gasteiger partial charge on any atom is 0.132 e. The lowest BCUT2D eigenvalue weighted by molar-refractivity contribution is 0.122. The zero-order valence-corrected chi connectivity index (χ0v) is 19.9. The minimum absolute atomic E-state index is 0.682. The van der Waals surface area contributed by atoms with Gasteiger partial charge in [-0.1, -0.05) is 19.9 Å². The molecule has 1 saturated heterocycles. The quantitative estimate of drug-likeness (QED) is 0.541. The standard InChI is InChI=1S/C26H36N4O2/c1-5-29(6-2)9-14-32-23-17-22(28-26(18-23)30-10-12-31-13-11-30)15-21-7-8-25-24(16-21)19(3)20(4)27-25/h7-8,16-18,27H,5-6,9-15H2,1-4H3. The van der Waals surface area contributed by atoms with Crippen LogP contribution in [-0.4, -0.2) is 67.4 Å². The van der Waals surface area contributed by atoms with E-state index < -0.39 is 0 Å². The van der Waals surface area contributed by atoms with E-state index in [-0.39, 0.29) is 0 Å². The van der Waals surface area contributed by atoms with Gasteiger partial charge in [0.25, 0.3) is 0 Å². The van der Waals surface area contributed by atoms with Gasteiger partial charge in [-0.2, -0.15) is 0 Å². The molecule has 0 spiro atoms. The second-order valence-electron chi connectivity index (χ2n) is 8.56. The second-order valence-corrected chi connectivity index (χ2v) is 8.56. The number of benzene rings is 1. The fourth-order valence-electron chi connectivity index (χ4n) is 4.33. The number of aromatic amines is 1. The second kappa shape index (κ2) is 10.4. The van der Waals surface area contributed by atoms with Gasteiger partial charge < -0.3 is 24.3 Å². The van der Waals surface area contributed by atoms with Crippen LogP contribution in [-0.2, 0) is 11.2 Å². The Morgan fingerprint density at radius 3 is 2.62 bits per heavy atom. The maximum absolute atomic E-state index is 6.20. The zero-order chi connectivity index (χ0) is 22.5. The van der Waals surface area contributed by atoms with E-state index in [0.717, 1.165) is 69.6 Å². The number of H-pyrrole nitrogens is 1. The number of likely N-dealkylation sites (N-methyl/N-ethyl adjacent to an activating group) is 1. The Bertz CT molecular complexity index is 1040. The van der Waals surface area contributed by atoms with Crippen LogP contribution in [0.2, 0.25) is 0 Å². The highest BCUT2D eigenvalue weighted by molar-refractivity contribution is 5.85. The average molecular weight is 437 g/mol. The first kappa shape index (κ1) is 22.6. The van der Waals surface area contributed by atoms with Crippen molar-refractivity contribution in [1.29, 1.82) is 0 Å². The normalized spacial score (nSPS) is 14.5. The van der Waals surface area contributed by atoms with Gasteiger partial charge >= 0.3 is 0 Å². The van der Waals surface area contributed by atoms with Gasteiger partial charge in [0.2, 0.25) is 0 Å². The van der Waals surface area contributed by atoms with Gasteiger partial charge in [0.05, 0.1) is 18.9 Å². The first-order valence-electron chi connectivity index (χ1n) is 11.8. The molecule has 0 radical (unpaired) electrons. The first-order chi connectivity index (χ1) is 15.6. The highest BCUT2D eigenvalue weighted by Crippen LogP contribution is 2.26. The summed E-state index contributed by atoms with van der Waals surface area (Å²) in [6.07, 6.45) is 0.782. The van der Waals surface area contributed by atoms with Crippen LogP contribution in [0.25, 0.3) is 10.9 Å². The van der Waals surface area contributed by atoms with Gasteiger partial charge in [0, 0.05) is 54.8 Å². The van der Waals surface area contributed by atoms with Crippen LogP contribution in [0.15, 0.2) is 30.3 Å². The number of nitrogens with one attached hydrogen (secondary N) is 1. The van der Waals surface area contributed by atoms with E-state index in [0.29, 0.717) is 6.61 Å². The van der Waals surface area contributed by atoms with Gasteiger partial charge in [-0.15, -0.1) is 0 Å². The molecular formula is C26H36N4O2. The third kappa shape index (κ3) is 5.25. The van der Waals surface area contributed by atoms with Crippen molar-refractivity contribution in [3.63, 3.8) is 0 Å². The fourth-order valence-corrected chi connectivity index (χ4v) is 4.33. The van der Waals surface area contributed by atoms with E-state index in [1.807, 2.05) is 0 Å². The molecule has 32 heavy (non-hydrogen) atoms. The smallest absolute Gasteiger partial charge is 0.132 e. The van der Waals surface area contributed by atoms with Crippen molar-refractivity contribution in [3.8, 4) is 5.75 Å². The van der Waals surface area contributed by atoms with Crippen molar-refractivity contribution in [3.05, 3.63) is 52.8 Å². The number of aryl methyl sites for hydroxylation is 2. The Morgan fingerprint density at radius 1 is 1.09 bits per heavy atom. The number of hydrogen-bond donors (Lipinski definition) is 1. The van der Waals surface area contributed by atoms with Crippen LogP contribution in [0.3, 0.4) is 0 Å². The lowest BCUT2D eigenvalue weighted by atomic mass is 10.0. The van der Waals surface area contributed by atoms with E-state index in [9.17, 15) is 0 Å². The van der Waals surface area contributed by atoms with Gasteiger partial charge in [-0.05, 0) is 50.2 Å². The number of ether oxygens (including phenoxy) is 2. The number of anilines is 1. The summed E-state index contributed by atoms with van der Waals surface area (Å²) < 4.78 is 11.7. The summed E-state index contributed by atoms with van der Waals surface area (Å²) in [4.78, 5) is 13.1. The molecule has 2 aromatic heterocycles. The van der Waals surface area contributed by atoms with Crippen LogP contribution in [0.5, 0.6) is 5.75 Å². The van der Waals surface area contributed by atoms with Crippen LogP contribution in [0, 0.1) is 13.8 Å².